The van der Waals surface area contributed by atoms with Crippen molar-refractivity contribution in [2.45, 2.75) is 18.9 Å². The quantitative estimate of drug-likeness (QED) is 0.842. The van der Waals surface area contributed by atoms with E-state index in [0.717, 1.165) is 32.2 Å². The molecule has 3 rings (SSSR count). The maximum Gasteiger partial charge on any atom is 0.254 e. The van der Waals surface area contributed by atoms with Crippen LogP contribution in [0.25, 0.3) is 0 Å². The molecule has 0 unspecified atom stereocenters. The van der Waals surface area contributed by atoms with Gasteiger partial charge in [0, 0.05) is 49.5 Å². The molecule has 20 heavy (non-hydrogen) atoms. The summed E-state index contributed by atoms with van der Waals surface area (Å²) >= 11 is 0. The summed E-state index contributed by atoms with van der Waals surface area (Å²) in [4.78, 5) is 16.9. The van der Waals surface area contributed by atoms with E-state index >= 15 is 0 Å². The van der Waals surface area contributed by atoms with E-state index in [1.54, 1.807) is 25.3 Å². The number of rotatable bonds is 3. The second-order valence-corrected chi connectivity index (χ2v) is 5.55. The van der Waals surface area contributed by atoms with Gasteiger partial charge in [-0.05, 0) is 25.0 Å². The van der Waals surface area contributed by atoms with E-state index in [0.29, 0.717) is 17.0 Å². The normalized spacial score (nSPS) is 19.9. The number of methoxy groups -OCH3 is 1. The van der Waals surface area contributed by atoms with E-state index in [1.807, 2.05) is 4.90 Å². The first-order valence-corrected chi connectivity index (χ1v) is 7.15. The highest BCUT2D eigenvalue weighted by Crippen LogP contribution is 2.28. The van der Waals surface area contributed by atoms with E-state index < -0.39 is 0 Å². The molecule has 1 saturated carbocycles. The van der Waals surface area contributed by atoms with Crippen molar-refractivity contribution in [1.29, 1.82) is 0 Å². The van der Waals surface area contributed by atoms with Crippen molar-refractivity contribution in [3.05, 3.63) is 23.8 Å². The Balaban J connectivity index is 1.68. The number of piperazine rings is 1. The van der Waals surface area contributed by atoms with Gasteiger partial charge in [-0.3, -0.25) is 9.69 Å². The van der Waals surface area contributed by atoms with Crippen molar-refractivity contribution < 1.29 is 9.53 Å². The van der Waals surface area contributed by atoms with E-state index in [2.05, 4.69) is 4.90 Å². The van der Waals surface area contributed by atoms with Crippen molar-refractivity contribution >= 4 is 11.6 Å². The van der Waals surface area contributed by atoms with Crippen LogP contribution in [0.5, 0.6) is 5.75 Å². The third kappa shape index (κ3) is 2.72. The average Bonchev–Trinajstić information content (AvgIpc) is 3.30. The van der Waals surface area contributed by atoms with Crippen LogP contribution in [0.4, 0.5) is 5.69 Å². The fourth-order valence-electron chi connectivity index (χ4n) is 2.78. The van der Waals surface area contributed by atoms with Gasteiger partial charge >= 0.3 is 0 Å². The molecule has 5 heteroatoms. The van der Waals surface area contributed by atoms with Crippen LogP contribution in [0.2, 0.25) is 0 Å². The molecular formula is C15H21N3O2. The predicted molar refractivity (Wildman–Crippen MR) is 77.9 cm³/mol. The number of carbonyl (C=O) groups excluding carboxylic acids is 1. The van der Waals surface area contributed by atoms with Gasteiger partial charge in [-0.25, -0.2) is 0 Å². The molecule has 0 atom stereocenters. The number of hydrogen-bond acceptors (Lipinski definition) is 4. The first-order valence-electron chi connectivity index (χ1n) is 7.15. The number of nitrogens with two attached hydrogens (primary N) is 1. The first kappa shape index (κ1) is 13.2. The topological polar surface area (TPSA) is 58.8 Å². The number of nitrogen functional groups attached to an aromatic ring is 1. The molecule has 0 aromatic heterocycles. The molecule has 0 bridgehead atoms. The molecule has 1 heterocycles. The average molecular weight is 275 g/mol. The van der Waals surface area contributed by atoms with E-state index in [9.17, 15) is 4.79 Å². The van der Waals surface area contributed by atoms with Gasteiger partial charge in [0.2, 0.25) is 0 Å². The summed E-state index contributed by atoms with van der Waals surface area (Å²) in [6.07, 6.45) is 2.64. The fourth-order valence-corrected chi connectivity index (χ4v) is 2.78. The summed E-state index contributed by atoms with van der Waals surface area (Å²) in [6.45, 7) is 3.56. The van der Waals surface area contributed by atoms with Gasteiger partial charge in [0.05, 0.1) is 7.11 Å². The van der Waals surface area contributed by atoms with Crippen molar-refractivity contribution in [3.8, 4) is 5.75 Å². The number of ether oxygens (including phenoxy) is 1. The Kier molecular flexibility index (Phi) is 3.53. The molecule has 1 saturated heterocycles. The summed E-state index contributed by atoms with van der Waals surface area (Å²) in [6, 6.07) is 5.98. The van der Waals surface area contributed by atoms with Crippen molar-refractivity contribution in [3.63, 3.8) is 0 Å². The maximum absolute atomic E-state index is 12.5. The van der Waals surface area contributed by atoms with Crippen LogP contribution in [0.15, 0.2) is 18.2 Å². The first-order chi connectivity index (χ1) is 9.67. The summed E-state index contributed by atoms with van der Waals surface area (Å²) in [5, 5.41) is 0. The summed E-state index contributed by atoms with van der Waals surface area (Å²) in [5.74, 6) is 0.677. The minimum absolute atomic E-state index is 0.0473. The molecule has 1 aliphatic heterocycles. The lowest BCUT2D eigenvalue weighted by Gasteiger charge is -2.34. The summed E-state index contributed by atoms with van der Waals surface area (Å²) < 4.78 is 5.17. The Morgan fingerprint density at radius 1 is 1.20 bits per heavy atom. The van der Waals surface area contributed by atoms with Crippen LogP contribution in [-0.4, -0.2) is 55.0 Å². The van der Waals surface area contributed by atoms with E-state index in [-0.39, 0.29) is 5.91 Å². The van der Waals surface area contributed by atoms with Gasteiger partial charge in [0.1, 0.15) is 5.75 Å². The van der Waals surface area contributed by atoms with Gasteiger partial charge < -0.3 is 15.4 Å². The highest BCUT2D eigenvalue weighted by molar-refractivity contribution is 5.95. The Morgan fingerprint density at radius 3 is 2.50 bits per heavy atom. The van der Waals surface area contributed by atoms with Gasteiger partial charge in [-0.15, -0.1) is 0 Å². The van der Waals surface area contributed by atoms with Crippen molar-refractivity contribution in [2.75, 3.05) is 39.0 Å². The van der Waals surface area contributed by atoms with Crippen LogP contribution < -0.4 is 10.5 Å². The van der Waals surface area contributed by atoms with Crippen LogP contribution in [0.3, 0.4) is 0 Å². The van der Waals surface area contributed by atoms with Crippen LogP contribution in [0.1, 0.15) is 23.2 Å². The number of hydrogen-bond donors (Lipinski definition) is 1. The number of anilines is 1. The molecule has 2 fully saturated rings. The zero-order valence-electron chi connectivity index (χ0n) is 11.8. The molecule has 1 aromatic rings. The van der Waals surface area contributed by atoms with Gasteiger partial charge in [0.15, 0.2) is 0 Å². The predicted octanol–water partition coefficient (Wildman–Crippen LogP) is 1.20. The van der Waals surface area contributed by atoms with E-state index in [4.69, 9.17) is 10.5 Å². The lowest BCUT2D eigenvalue weighted by atomic mass is 10.1. The Bertz CT molecular complexity index is 506. The lowest BCUT2D eigenvalue weighted by Crippen LogP contribution is -2.49. The second-order valence-electron chi connectivity index (χ2n) is 5.55. The fraction of sp³-hybridized carbons (Fsp3) is 0.533. The van der Waals surface area contributed by atoms with Gasteiger partial charge in [-0.2, -0.15) is 0 Å². The van der Waals surface area contributed by atoms with Crippen molar-refractivity contribution in [2.24, 2.45) is 0 Å². The lowest BCUT2D eigenvalue weighted by molar-refractivity contribution is 0.0627. The number of benzene rings is 1. The third-order valence-corrected chi connectivity index (χ3v) is 4.08. The zero-order valence-corrected chi connectivity index (χ0v) is 11.8. The molecule has 108 valence electrons. The second kappa shape index (κ2) is 5.32. The molecule has 2 N–H and O–H groups in total. The maximum atomic E-state index is 12.5. The Morgan fingerprint density at radius 2 is 1.90 bits per heavy atom. The molecule has 0 spiro atoms. The largest absolute Gasteiger partial charge is 0.497 e. The molecule has 0 radical (unpaired) electrons. The molecule has 1 amide bonds. The number of nitrogens with zero attached hydrogens (tertiary/aromatic N) is 2. The molecule has 2 aliphatic rings. The molecule has 1 aromatic carbocycles. The highest BCUT2D eigenvalue weighted by atomic mass is 16.5. The third-order valence-electron chi connectivity index (χ3n) is 4.08. The smallest absolute Gasteiger partial charge is 0.254 e. The SMILES string of the molecule is COc1cc(N)cc(C(=O)N2CCN(C3CC3)CC2)c1. The standard InChI is InChI=1S/C15H21N3O2/c1-20-14-9-11(8-12(16)10-14)15(19)18-6-4-17(5-7-18)13-2-3-13/h8-10,13H,2-7,16H2,1H3. The molecule has 5 nitrogen and oxygen atoms in total. The van der Waals surface area contributed by atoms with E-state index in [1.165, 1.54) is 12.8 Å². The van der Waals surface area contributed by atoms with Crippen LogP contribution >= 0.6 is 0 Å². The van der Waals surface area contributed by atoms with Crippen molar-refractivity contribution in [1.82, 2.24) is 9.80 Å². The Labute approximate surface area is 119 Å². The highest BCUT2D eigenvalue weighted by Gasteiger charge is 2.32. The monoisotopic (exact) mass is 275 g/mol. The zero-order chi connectivity index (χ0) is 14.1. The van der Waals surface area contributed by atoms with Crippen LogP contribution in [0, 0.1) is 0 Å². The van der Waals surface area contributed by atoms with Crippen LogP contribution in [-0.2, 0) is 0 Å². The number of carbonyl (C=O) groups is 1. The Hall–Kier alpha value is -1.75. The molecule has 1 aliphatic carbocycles. The summed E-state index contributed by atoms with van der Waals surface area (Å²) in [5.41, 5.74) is 6.99. The van der Waals surface area contributed by atoms with Gasteiger partial charge in [0.25, 0.3) is 5.91 Å². The van der Waals surface area contributed by atoms with Gasteiger partial charge in [-0.1, -0.05) is 0 Å². The summed E-state index contributed by atoms with van der Waals surface area (Å²) in [7, 11) is 1.58. The minimum Gasteiger partial charge on any atom is -0.497 e. The number of amides is 1. The minimum atomic E-state index is 0.0473. The molecular weight excluding hydrogens is 254 g/mol.